The van der Waals surface area contributed by atoms with Crippen molar-refractivity contribution in [2.75, 3.05) is 0 Å². The predicted octanol–water partition coefficient (Wildman–Crippen LogP) is 11.4. The van der Waals surface area contributed by atoms with Crippen LogP contribution in [0.15, 0.2) is 162 Å². The van der Waals surface area contributed by atoms with Gasteiger partial charge in [-0.05, 0) is 58.7 Å². The Labute approximate surface area is 297 Å². The molecule has 7 aromatic carbocycles. The van der Waals surface area contributed by atoms with Crippen LogP contribution in [-0.4, -0.2) is 4.57 Å². The molecule has 1 aliphatic heterocycles. The minimum absolute atomic E-state index is 0.0775. The molecule has 0 radical (unpaired) electrons. The van der Waals surface area contributed by atoms with Crippen molar-refractivity contribution in [1.29, 1.82) is 0 Å². The lowest BCUT2D eigenvalue weighted by atomic mass is 9.99. The monoisotopic (exact) mass is 676 g/mol. The molecule has 6 heteroatoms. The highest BCUT2D eigenvalue weighted by molar-refractivity contribution is 7.26. The highest BCUT2D eigenvalue weighted by Crippen LogP contribution is 2.45. The van der Waals surface area contributed by atoms with Crippen LogP contribution in [0.2, 0.25) is 0 Å². The van der Waals surface area contributed by atoms with Crippen LogP contribution in [0.1, 0.15) is 29.7 Å². The number of thiophene rings is 1. The summed E-state index contributed by atoms with van der Waals surface area (Å²) < 4.78 is 11.5. The molecule has 51 heavy (non-hydrogen) atoms. The number of fused-ring (bicyclic) bond motifs is 10. The molecule has 3 aromatic heterocycles. The quantitative estimate of drug-likeness (QED) is 0.174. The molecule has 1 saturated heterocycles. The number of aromatic nitrogens is 1. The number of benzene rings is 7. The van der Waals surface area contributed by atoms with Gasteiger partial charge < -0.3 is 8.98 Å². The van der Waals surface area contributed by atoms with Gasteiger partial charge in [0.2, 0.25) is 0 Å². The molecule has 11 rings (SSSR count). The zero-order valence-corrected chi connectivity index (χ0v) is 28.3. The van der Waals surface area contributed by atoms with Crippen LogP contribution < -0.4 is 16.0 Å². The SMILES string of the molecule is c1ccc(-c2cccc3oc4c(ccc5c6cc(C7NC(c8ccccc8)NC(n8c9ccccc9c9ccccc98)N7)ccc6sc54)c23)cc1. The van der Waals surface area contributed by atoms with Crippen molar-refractivity contribution < 1.29 is 4.42 Å². The average molecular weight is 677 g/mol. The lowest BCUT2D eigenvalue weighted by molar-refractivity contribution is 0.161. The minimum Gasteiger partial charge on any atom is -0.455 e. The second-order valence-corrected chi connectivity index (χ2v) is 14.5. The maximum atomic E-state index is 6.67. The molecule has 5 nitrogen and oxygen atoms in total. The summed E-state index contributed by atoms with van der Waals surface area (Å²) in [5.41, 5.74) is 9.04. The Morgan fingerprint density at radius 1 is 0.510 bits per heavy atom. The molecule has 10 aromatic rings. The van der Waals surface area contributed by atoms with E-state index in [4.69, 9.17) is 4.42 Å². The molecule has 3 N–H and O–H groups in total. The normalized spacial score (nSPS) is 18.2. The Hall–Kier alpha value is -5.76. The maximum Gasteiger partial charge on any atom is 0.153 e. The van der Waals surface area contributed by atoms with Gasteiger partial charge in [-0.15, -0.1) is 11.3 Å². The van der Waals surface area contributed by atoms with E-state index in [9.17, 15) is 0 Å². The predicted molar refractivity (Wildman–Crippen MR) is 212 cm³/mol. The zero-order chi connectivity index (χ0) is 33.5. The Morgan fingerprint density at radius 2 is 1.18 bits per heavy atom. The standard InChI is InChI=1S/C45H32N4OS/c1-3-12-27(13-4-1)30-18-11-21-38-40(30)34-24-23-33-35-26-29(22-25-39(35)51-42(33)41(34)50-38)44-46-43(28-14-5-2-6-15-28)47-45(48-44)49-36-19-9-7-16-31(36)32-17-8-10-20-37(32)49/h1-26,43-48H. The number of hydrogen-bond donors (Lipinski definition) is 3. The fourth-order valence-corrected chi connectivity index (χ4v) is 9.38. The minimum atomic E-state index is -0.171. The molecule has 0 bridgehead atoms. The van der Waals surface area contributed by atoms with Gasteiger partial charge in [0, 0.05) is 37.0 Å². The van der Waals surface area contributed by atoms with Crippen LogP contribution >= 0.6 is 11.3 Å². The van der Waals surface area contributed by atoms with E-state index in [2.05, 4.69) is 178 Å². The molecule has 0 aliphatic carbocycles. The van der Waals surface area contributed by atoms with Gasteiger partial charge >= 0.3 is 0 Å². The summed E-state index contributed by atoms with van der Waals surface area (Å²) in [6, 6.07) is 56.5. The third-order valence-electron chi connectivity index (χ3n) is 10.5. The summed E-state index contributed by atoms with van der Waals surface area (Å²) in [6.07, 6.45) is -0.370. The molecule has 244 valence electrons. The van der Waals surface area contributed by atoms with Crippen molar-refractivity contribution in [3.8, 4) is 11.1 Å². The van der Waals surface area contributed by atoms with Crippen LogP contribution in [-0.2, 0) is 0 Å². The fourth-order valence-electron chi connectivity index (χ4n) is 8.21. The molecule has 1 aliphatic rings. The maximum absolute atomic E-state index is 6.67. The first-order chi connectivity index (χ1) is 25.3. The van der Waals surface area contributed by atoms with Gasteiger partial charge in [-0.2, -0.15) is 0 Å². The summed E-state index contributed by atoms with van der Waals surface area (Å²) in [7, 11) is 0. The van der Waals surface area contributed by atoms with Gasteiger partial charge in [-0.3, -0.25) is 16.0 Å². The van der Waals surface area contributed by atoms with E-state index in [0.717, 1.165) is 16.6 Å². The molecular formula is C45H32N4OS. The summed E-state index contributed by atoms with van der Waals surface area (Å²) in [4.78, 5) is 0. The van der Waals surface area contributed by atoms with Crippen LogP contribution in [0.5, 0.6) is 0 Å². The van der Waals surface area contributed by atoms with E-state index in [-0.39, 0.29) is 18.6 Å². The number of furan rings is 1. The van der Waals surface area contributed by atoms with E-state index < -0.39 is 0 Å². The highest BCUT2D eigenvalue weighted by atomic mass is 32.1. The second-order valence-electron chi connectivity index (χ2n) is 13.4. The number of nitrogens with zero attached hydrogens (tertiary/aromatic N) is 1. The number of nitrogens with one attached hydrogen (secondary N) is 3. The summed E-state index contributed by atoms with van der Waals surface area (Å²) >= 11 is 1.81. The summed E-state index contributed by atoms with van der Waals surface area (Å²) in [5.74, 6) is 0. The Kier molecular flexibility index (Phi) is 6.48. The Morgan fingerprint density at radius 3 is 1.94 bits per heavy atom. The van der Waals surface area contributed by atoms with Crippen LogP contribution in [0.3, 0.4) is 0 Å². The zero-order valence-electron chi connectivity index (χ0n) is 27.5. The van der Waals surface area contributed by atoms with Crippen LogP contribution in [0.25, 0.3) is 75.0 Å². The fraction of sp³-hybridized carbons (Fsp3) is 0.0667. The largest absolute Gasteiger partial charge is 0.455 e. The van der Waals surface area contributed by atoms with Gasteiger partial charge in [-0.1, -0.05) is 121 Å². The van der Waals surface area contributed by atoms with Gasteiger partial charge in [0.1, 0.15) is 11.9 Å². The van der Waals surface area contributed by atoms with Gasteiger partial charge in [0.15, 0.2) is 5.58 Å². The molecular weight excluding hydrogens is 645 g/mol. The van der Waals surface area contributed by atoms with E-state index in [1.807, 2.05) is 11.3 Å². The van der Waals surface area contributed by atoms with Crippen molar-refractivity contribution in [2.45, 2.75) is 18.6 Å². The van der Waals surface area contributed by atoms with Gasteiger partial charge in [0.05, 0.1) is 28.1 Å². The smallest absolute Gasteiger partial charge is 0.153 e. The van der Waals surface area contributed by atoms with E-state index in [0.29, 0.717) is 0 Å². The number of rotatable bonds is 4. The Bertz CT molecular complexity index is 2870. The van der Waals surface area contributed by atoms with Gasteiger partial charge in [0.25, 0.3) is 0 Å². The molecule has 3 atom stereocenters. The first-order valence-corrected chi connectivity index (χ1v) is 18.3. The molecule has 0 amide bonds. The van der Waals surface area contributed by atoms with Crippen LogP contribution in [0, 0.1) is 0 Å². The molecule has 0 saturated carbocycles. The van der Waals surface area contributed by atoms with E-state index in [1.54, 1.807) is 0 Å². The lowest BCUT2D eigenvalue weighted by Crippen LogP contribution is -2.56. The lowest BCUT2D eigenvalue weighted by Gasteiger charge is -2.40. The van der Waals surface area contributed by atoms with Crippen molar-refractivity contribution in [3.63, 3.8) is 0 Å². The highest BCUT2D eigenvalue weighted by Gasteiger charge is 2.31. The number of para-hydroxylation sites is 2. The average Bonchev–Trinajstić information content (AvgIpc) is 3.88. The summed E-state index contributed by atoms with van der Waals surface area (Å²) in [6.45, 7) is 0. The van der Waals surface area contributed by atoms with Crippen molar-refractivity contribution in [3.05, 3.63) is 169 Å². The molecule has 1 fully saturated rings. The second kappa shape index (κ2) is 11.4. The molecule has 3 unspecified atom stereocenters. The van der Waals surface area contributed by atoms with Crippen LogP contribution in [0.4, 0.5) is 0 Å². The topological polar surface area (TPSA) is 54.2 Å². The first kappa shape index (κ1) is 29.0. The van der Waals surface area contributed by atoms with E-state index >= 15 is 0 Å². The summed E-state index contributed by atoms with van der Waals surface area (Å²) in [5, 5.41) is 19.0. The molecule has 4 heterocycles. The first-order valence-electron chi connectivity index (χ1n) is 17.5. The molecule has 0 spiro atoms. The number of hydrogen-bond acceptors (Lipinski definition) is 5. The van der Waals surface area contributed by atoms with Gasteiger partial charge in [-0.25, -0.2) is 0 Å². The third-order valence-corrected chi connectivity index (χ3v) is 11.7. The van der Waals surface area contributed by atoms with Crippen molar-refractivity contribution in [1.82, 2.24) is 20.5 Å². The van der Waals surface area contributed by atoms with Crippen molar-refractivity contribution >= 4 is 75.3 Å². The van der Waals surface area contributed by atoms with Crippen molar-refractivity contribution in [2.24, 2.45) is 0 Å². The van der Waals surface area contributed by atoms with E-state index in [1.165, 1.54) is 69.6 Å². The Balaban J connectivity index is 1.05. The third kappa shape index (κ3) is 4.51.